The van der Waals surface area contributed by atoms with Gasteiger partial charge in [0.05, 0.1) is 19.3 Å². The highest BCUT2D eigenvalue weighted by Crippen LogP contribution is 2.37. The second kappa shape index (κ2) is 13.2. The first-order valence-electron chi connectivity index (χ1n) is 14.1. The third-order valence-electron chi connectivity index (χ3n) is 8.30. The van der Waals surface area contributed by atoms with Gasteiger partial charge in [0.1, 0.15) is 6.04 Å². The van der Waals surface area contributed by atoms with Crippen molar-refractivity contribution in [1.29, 1.82) is 0 Å². The Morgan fingerprint density at radius 1 is 1.13 bits per heavy atom. The topological polar surface area (TPSA) is 137 Å². The van der Waals surface area contributed by atoms with Crippen LogP contribution in [0.2, 0.25) is 0 Å². The normalized spacial score (nSPS) is 24.2. The van der Waals surface area contributed by atoms with E-state index < -0.39 is 35.9 Å². The molecular weight excluding hydrogens is 514 g/mol. The van der Waals surface area contributed by atoms with E-state index in [0.717, 1.165) is 0 Å². The highest BCUT2D eigenvalue weighted by atomic mass is 19.3. The van der Waals surface area contributed by atoms with Gasteiger partial charge in [0.15, 0.2) is 0 Å². The van der Waals surface area contributed by atoms with Crippen molar-refractivity contribution in [2.75, 3.05) is 26.3 Å². The van der Waals surface area contributed by atoms with E-state index in [4.69, 9.17) is 4.74 Å². The molecule has 4 amide bonds. The zero-order valence-electron chi connectivity index (χ0n) is 23.3. The number of amides is 4. The first kappa shape index (κ1) is 31.0. The second-order valence-electron chi connectivity index (χ2n) is 12.0. The first-order chi connectivity index (χ1) is 18.3. The monoisotopic (exact) mass is 558 g/mol. The van der Waals surface area contributed by atoms with Crippen molar-refractivity contribution in [1.82, 2.24) is 20.9 Å². The highest BCUT2D eigenvalue weighted by Gasteiger charge is 2.46. The van der Waals surface area contributed by atoms with E-state index >= 15 is 0 Å². The summed E-state index contributed by atoms with van der Waals surface area (Å²) in [6.07, 6.45) is 1.79. The molecule has 10 nitrogen and oxygen atoms in total. The molecule has 2 aliphatic heterocycles. The molecule has 3 fully saturated rings. The summed E-state index contributed by atoms with van der Waals surface area (Å²) in [4.78, 5) is 51.7. The average molecular weight is 559 g/mol. The number of alkyl halides is 2. The lowest BCUT2D eigenvalue weighted by atomic mass is 9.82. The van der Waals surface area contributed by atoms with Crippen LogP contribution in [0.5, 0.6) is 0 Å². The number of nitrogens with zero attached hydrogens (tertiary/aromatic N) is 1. The molecule has 0 aromatic rings. The van der Waals surface area contributed by atoms with Crippen LogP contribution < -0.4 is 16.0 Å². The van der Waals surface area contributed by atoms with Gasteiger partial charge in [0, 0.05) is 44.3 Å². The largest absolute Gasteiger partial charge is 0.449 e. The number of carbonyl (C=O) groups excluding carboxylic acids is 4. The maximum absolute atomic E-state index is 13.4. The van der Waals surface area contributed by atoms with Crippen molar-refractivity contribution in [2.24, 2.45) is 17.8 Å². The quantitative estimate of drug-likeness (QED) is 0.325. The van der Waals surface area contributed by atoms with E-state index in [9.17, 15) is 33.1 Å². The van der Waals surface area contributed by atoms with Gasteiger partial charge < -0.3 is 30.7 Å². The minimum atomic E-state index is -2.66. The molecule has 3 rings (SSSR count). The van der Waals surface area contributed by atoms with Crippen LogP contribution in [0.3, 0.4) is 0 Å². The highest BCUT2D eigenvalue weighted by molar-refractivity contribution is 5.86. The van der Waals surface area contributed by atoms with Crippen molar-refractivity contribution in [3.8, 4) is 0 Å². The molecule has 0 aromatic heterocycles. The number of hydrogen-bond donors (Lipinski definition) is 4. The van der Waals surface area contributed by atoms with Crippen LogP contribution in [0.1, 0.15) is 78.6 Å². The lowest BCUT2D eigenvalue weighted by Crippen LogP contribution is -2.51. The van der Waals surface area contributed by atoms with Gasteiger partial charge in [-0.15, -0.1) is 0 Å². The third-order valence-corrected chi connectivity index (χ3v) is 8.30. The molecule has 2 saturated heterocycles. The number of ether oxygens (including phenoxy) is 1. The Morgan fingerprint density at radius 2 is 1.77 bits per heavy atom. The van der Waals surface area contributed by atoms with Gasteiger partial charge in [0.25, 0.3) is 0 Å². The van der Waals surface area contributed by atoms with Gasteiger partial charge in [0.2, 0.25) is 23.6 Å². The Morgan fingerprint density at radius 3 is 2.33 bits per heavy atom. The SMILES string of the molecule is CC(=O)N1CCC2(CC1)CC(CC(CO)NC(=O)[C@H](CC(C)C)NC(=O)OCC1CCC(F)(F)CC1)C(=O)N2. The number of hydrogen-bond acceptors (Lipinski definition) is 6. The molecule has 0 aromatic carbocycles. The number of halogens is 2. The smallest absolute Gasteiger partial charge is 0.407 e. The summed E-state index contributed by atoms with van der Waals surface area (Å²) >= 11 is 0. The number of piperidine rings is 1. The van der Waals surface area contributed by atoms with E-state index in [1.807, 2.05) is 13.8 Å². The van der Waals surface area contributed by atoms with Crippen LogP contribution >= 0.6 is 0 Å². The van der Waals surface area contributed by atoms with E-state index in [2.05, 4.69) is 16.0 Å². The maximum Gasteiger partial charge on any atom is 0.407 e. The minimum Gasteiger partial charge on any atom is -0.449 e. The summed E-state index contributed by atoms with van der Waals surface area (Å²) < 4.78 is 32.0. The molecule has 0 radical (unpaired) electrons. The number of likely N-dealkylation sites (tertiary alicyclic amines) is 1. The van der Waals surface area contributed by atoms with Crippen molar-refractivity contribution in [3.05, 3.63) is 0 Å². The molecule has 12 heteroatoms. The Balaban J connectivity index is 1.50. The summed E-state index contributed by atoms with van der Waals surface area (Å²) in [5.41, 5.74) is -0.378. The lowest BCUT2D eigenvalue weighted by Gasteiger charge is -2.39. The van der Waals surface area contributed by atoms with Crippen LogP contribution in [0.25, 0.3) is 0 Å². The van der Waals surface area contributed by atoms with Gasteiger partial charge in [-0.3, -0.25) is 14.4 Å². The molecule has 1 aliphatic carbocycles. The Labute approximate surface area is 229 Å². The third kappa shape index (κ3) is 9.01. The van der Waals surface area contributed by atoms with Gasteiger partial charge in [-0.1, -0.05) is 13.8 Å². The molecule has 1 spiro atoms. The lowest BCUT2D eigenvalue weighted by molar-refractivity contribution is -0.130. The molecule has 39 heavy (non-hydrogen) atoms. The molecule has 222 valence electrons. The molecule has 4 N–H and O–H groups in total. The fourth-order valence-corrected chi connectivity index (χ4v) is 5.92. The van der Waals surface area contributed by atoms with Gasteiger partial charge >= 0.3 is 6.09 Å². The zero-order valence-corrected chi connectivity index (χ0v) is 23.3. The van der Waals surface area contributed by atoms with Crippen LogP contribution in [0.4, 0.5) is 13.6 Å². The summed E-state index contributed by atoms with van der Waals surface area (Å²) in [6, 6.07) is -1.60. The molecular formula is C27H44F2N4O6. The number of alkyl carbamates (subject to hydrolysis) is 1. The van der Waals surface area contributed by atoms with E-state index in [1.54, 1.807) is 4.90 Å². The van der Waals surface area contributed by atoms with Crippen molar-refractivity contribution >= 4 is 23.8 Å². The maximum atomic E-state index is 13.4. The summed E-state index contributed by atoms with van der Waals surface area (Å²) in [5, 5.41) is 18.4. The van der Waals surface area contributed by atoms with Crippen molar-refractivity contribution in [3.63, 3.8) is 0 Å². The van der Waals surface area contributed by atoms with Crippen LogP contribution in [-0.4, -0.2) is 83.7 Å². The number of aliphatic hydroxyl groups excluding tert-OH is 1. The minimum absolute atomic E-state index is 0.0138. The van der Waals surface area contributed by atoms with E-state index in [-0.39, 0.29) is 74.5 Å². The average Bonchev–Trinajstić information content (AvgIpc) is 3.16. The molecule has 3 aliphatic rings. The summed E-state index contributed by atoms with van der Waals surface area (Å²) in [5.74, 6) is -3.72. The Hall–Kier alpha value is -2.50. The predicted octanol–water partition coefficient (Wildman–Crippen LogP) is 2.34. The molecule has 2 heterocycles. The number of rotatable bonds is 10. The number of carbonyl (C=O) groups is 4. The van der Waals surface area contributed by atoms with Crippen LogP contribution in [-0.2, 0) is 19.1 Å². The van der Waals surface area contributed by atoms with Gasteiger partial charge in [-0.05, 0) is 56.8 Å². The molecule has 2 unspecified atom stereocenters. The Kier molecular flexibility index (Phi) is 10.5. The van der Waals surface area contributed by atoms with Gasteiger partial charge in [-0.25, -0.2) is 13.6 Å². The first-order valence-corrected chi connectivity index (χ1v) is 14.1. The van der Waals surface area contributed by atoms with Crippen LogP contribution in [0, 0.1) is 17.8 Å². The fraction of sp³-hybridized carbons (Fsp3) is 0.852. The summed E-state index contributed by atoms with van der Waals surface area (Å²) in [6.45, 7) is 6.13. The number of aliphatic hydroxyl groups is 1. The van der Waals surface area contributed by atoms with E-state index in [0.29, 0.717) is 38.8 Å². The Bertz CT molecular complexity index is 884. The molecule has 3 atom stereocenters. The molecule has 0 bridgehead atoms. The predicted molar refractivity (Wildman–Crippen MR) is 139 cm³/mol. The van der Waals surface area contributed by atoms with Crippen LogP contribution in [0.15, 0.2) is 0 Å². The second-order valence-corrected chi connectivity index (χ2v) is 12.0. The fourth-order valence-electron chi connectivity index (χ4n) is 5.92. The van der Waals surface area contributed by atoms with E-state index in [1.165, 1.54) is 6.92 Å². The summed E-state index contributed by atoms with van der Waals surface area (Å²) in [7, 11) is 0. The molecule has 1 saturated carbocycles. The van der Waals surface area contributed by atoms with Crippen molar-refractivity contribution < 1.29 is 37.8 Å². The van der Waals surface area contributed by atoms with Crippen molar-refractivity contribution in [2.45, 2.75) is 102 Å². The number of nitrogens with one attached hydrogen (secondary N) is 3. The zero-order chi connectivity index (χ0) is 28.8. The standard InChI is InChI=1S/C27H44F2N4O6/c1-17(2)12-22(31-25(38)39-16-19-4-6-27(28,29)7-5-19)24(37)30-21(15-34)13-20-14-26(32-23(20)36)8-10-33(11-9-26)18(3)35/h17,19-22,34H,4-16H2,1-3H3,(H,30,37)(H,31,38)(H,32,36)/t20?,21?,22-/m0/s1. The van der Waals surface area contributed by atoms with Gasteiger partial charge in [-0.2, -0.15) is 0 Å².